The number of rotatable bonds is 5. The summed E-state index contributed by atoms with van der Waals surface area (Å²) < 4.78 is 5.44. The van der Waals surface area contributed by atoms with Gasteiger partial charge >= 0.3 is 0 Å². The Morgan fingerprint density at radius 1 is 1.50 bits per heavy atom. The first-order valence-corrected chi connectivity index (χ1v) is 5.06. The van der Waals surface area contributed by atoms with Crippen molar-refractivity contribution in [3.8, 4) is 0 Å². The van der Waals surface area contributed by atoms with Gasteiger partial charge in [-0.15, -0.1) is 4.91 Å². The Labute approximate surface area is 95.6 Å². The zero-order chi connectivity index (χ0) is 12.0. The lowest BCUT2D eigenvalue weighted by atomic mass is 10.3. The fraction of sp³-hybridized carbons (Fsp3) is 0.455. The van der Waals surface area contributed by atoms with Crippen molar-refractivity contribution in [2.45, 2.75) is 13.8 Å². The minimum absolute atomic E-state index is 0.409. The minimum Gasteiger partial charge on any atom is -0.357 e. The van der Waals surface area contributed by atoms with Gasteiger partial charge in [-0.2, -0.15) is 0 Å². The van der Waals surface area contributed by atoms with Crippen LogP contribution in [0.5, 0.6) is 0 Å². The molecule has 5 heteroatoms. The van der Waals surface area contributed by atoms with Gasteiger partial charge in [-0.05, 0) is 19.0 Å². The van der Waals surface area contributed by atoms with E-state index in [1.165, 1.54) is 11.8 Å². The monoisotopic (exact) mass is 223 g/mol. The van der Waals surface area contributed by atoms with Crippen LogP contribution in [0, 0.1) is 4.91 Å². The van der Waals surface area contributed by atoms with Crippen LogP contribution in [0.3, 0.4) is 0 Å². The molecule has 0 aromatic heterocycles. The normalized spacial score (nSPS) is 17.1. The van der Waals surface area contributed by atoms with Gasteiger partial charge in [0.25, 0.3) is 0 Å². The van der Waals surface area contributed by atoms with Crippen molar-refractivity contribution in [2.24, 2.45) is 5.18 Å². The number of ether oxygens (including phenoxy) is 1. The van der Waals surface area contributed by atoms with Gasteiger partial charge in [-0.1, -0.05) is 11.6 Å². The van der Waals surface area contributed by atoms with Gasteiger partial charge in [0.05, 0.1) is 6.61 Å². The molecule has 0 amide bonds. The van der Waals surface area contributed by atoms with Gasteiger partial charge in [0.2, 0.25) is 0 Å². The first kappa shape index (κ1) is 12.4. The summed E-state index contributed by atoms with van der Waals surface area (Å²) in [6.07, 6.45) is 6.97. The van der Waals surface area contributed by atoms with Crippen molar-refractivity contribution in [1.29, 1.82) is 0 Å². The van der Waals surface area contributed by atoms with Crippen LogP contribution in [0.15, 0.2) is 41.2 Å². The topological polar surface area (TPSA) is 45.1 Å². The van der Waals surface area contributed by atoms with Crippen LogP contribution in [0.2, 0.25) is 0 Å². The lowest BCUT2D eigenvalue weighted by Crippen LogP contribution is -2.22. The second kappa shape index (κ2) is 6.07. The summed E-state index contributed by atoms with van der Waals surface area (Å²) in [4.78, 5) is 13.8. The molecule has 0 bridgehead atoms. The third-order valence-electron chi connectivity index (χ3n) is 2.13. The van der Waals surface area contributed by atoms with Crippen molar-refractivity contribution in [2.75, 3.05) is 20.4 Å². The summed E-state index contributed by atoms with van der Waals surface area (Å²) in [5.74, 6) is 0.715. The van der Waals surface area contributed by atoms with E-state index in [0.717, 1.165) is 0 Å². The fourth-order valence-electron chi connectivity index (χ4n) is 1.23. The lowest BCUT2D eigenvalue weighted by Gasteiger charge is -2.20. The number of hydrogen-bond acceptors (Lipinski definition) is 5. The van der Waals surface area contributed by atoms with Gasteiger partial charge in [0, 0.05) is 19.4 Å². The van der Waals surface area contributed by atoms with E-state index in [1.54, 1.807) is 0 Å². The molecule has 1 aliphatic rings. The Bertz CT molecular complexity index is 330. The first-order valence-electron chi connectivity index (χ1n) is 5.06. The summed E-state index contributed by atoms with van der Waals surface area (Å²) in [6.45, 7) is 5.02. The Morgan fingerprint density at radius 2 is 2.25 bits per heavy atom. The van der Waals surface area contributed by atoms with E-state index in [2.05, 4.69) is 5.18 Å². The Balaban J connectivity index is 2.42. The maximum Gasteiger partial charge on any atom is 0.136 e. The molecule has 0 spiro atoms. The summed E-state index contributed by atoms with van der Waals surface area (Å²) in [7, 11) is 1.85. The number of allylic oxidation sites excluding steroid dienone is 1. The van der Waals surface area contributed by atoms with Crippen molar-refractivity contribution < 1.29 is 4.74 Å². The predicted octanol–water partition coefficient (Wildman–Crippen LogP) is 2.21. The molecule has 1 heterocycles. The molecule has 1 aliphatic heterocycles. The number of nitroso groups, excluding NO2 is 1. The van der Waals surface area contributed by atoms with Crippen LogP contribution in [-0.4, -0.2) is 30.2 Å². The summed E-state index contributed by atoms with van der Waals surface area (Å²) in [5.41, 5.74) is 1.22. The molecular formula is C11H17N3O2. The highest BCUT2D eigenvalue weighted by Crippen LogP contribution is 2.17. The highest BCUT2D eigenvalue weighted by Gasteiger charge is 2.16. The van der Waals surface area contributed by atoms with Crippen LogP contribution in [0.1, 0.15) is 13.8 Å². The molecule has 0 aromatic carbocycles. The predicted molar refractivity (Wildman–Crippen MR) is 62.9 cm³/mol. The Hall–Kier alpha value is -1.62. The van der Waals surface area contributed by atoms with E-state index in [-0.39, 0.29) is 0 Å². The van der Waals surface area contributed by atoms with E-state index >= 15 is 0 Å². The van der Waals surface area contributed by atoms with Crippen molar-refractivity contribution in [3.63, 3.8) is 0 Å². The second-order valence-electron chi connectivity index (χ2n) is 3.75. The quantitative estimate of drug-likeness (QED) is 0.407. The molecule has 0 N–H and O–H groups in total. The van der Waals surface area contributed by atoms with Crippen LogP contribution >= 0.6 is 0 Å². The molecule has 16 heavy (non-hydrogen) atoms. The highest BCUT2D eigenvalue weighted by molar-refractivity contribution is 5.12. The van der Waals surface area contributed by atoms with Crippen LogP contribution in [0.4, 0.5) is 0 Å². The molecule has 0 radical (unpaired) electrons. The van der Waals surface area contributed by atoms with Gasteiger partial charge in [-0.25, -0.2) is 0 Å². The van der Waals surface area contributed by atoms with Crippen molar-refractivity contribution in [3.05, 3.63) is 41.0 Å². The molecule has 0 atom stereocenters. The van der Waals surface area contributed by atoms with Gasteiger partial charge in [-0.3, -0.25) is 0 Å². The van der Waals surface area contributed by atoms with Crippen LogP contribution in [-0.2, 0) is 4.74 Å². The molecule has 5 nitrogen and oxygen atoms in total. The van der Waals surface area contributed by atoms with Gasteiger partial charge in [0.15, 0.2) is 0 Å². The smallest absolute Gasteiger partial charge is 0.136 e. The summed E-state index contributed by atoms with van der Waals surface area (Å²) in [6, 6.07) is 0. The third kappa shape index (κ3) is 3.51. The van der Waals surface area contributed by atoms with Gasteiger partial charge in [0.1, 0.15) is 18.8 Å². The SMILES string of the molecule is CC(C)=CCOCN1C=CN(C)/C1=C/N=O. The van der Waals surface area contributed by atoms with E-state index in [0.29, 0.717) is 19.2 Å². The first-order chi connectivity index (χ1) is 7.65. The molecule has 88 valence electrons. The minimum atomic E-state index is 0.409. The molecule has 0 saturated heterocycles. The van der Waals surface area contributed by atoms with E-state index < -0.39 is 0 Å². The summed E-state index contributed by atoms with van der Waals surface area (Å²) in [5, 5.41) is 2.77. The van der Waals surface area contributed by atoms with Crippen molar-refractivity contribution >= 4 is 0 Å². The standard InChI is InChI=1S/C11H17N3O2/c1-10(2)4-7-16-9-14-6-5-13(3)11(14)8-12-15/h4-6,8H,7,9H2,1-3H3/b11-8-. The van der Waals surface area contributed by atoms with Crippen molar-refractivity contribution in [1.82, 2.24) is 9.80 Å². The Morgan fingerprint density at radius 3 is 2.88 bits per heavy atom. The molecule has 0 aliphatic carbocycles. The fourth-order valence-corrected chi connectivity index (χ4v) is 1.23. The average Bonchev–Trinajstić information content (AvgIpc) is 2.56. The maximum atomic E-state index is 10.2. The zero-order valence-corrected chi connectivity index (χ0v) is 9.88. The molecule has 1 rings (SSSR count). The van der Waals surface area contributed by atoms with Gasteiger partial charge < -0.3 is 14.5 Å². The average molecular weight is 223 g/mol. The number of hydrogen-bond donors (Lipinski definition) is 0. The number of nitrogens with zero attached hydrogens (tertiary/aromatic N) is 3. The molecule has 0 fully saturated rings. The van der Waals surface area contributed by atoms with Crippen LogP contribution < -0.4 is 0 Å². The van der Waals surface area contributed by atoms with E-state index in [1.807, 2.05) is 49.2 Å². The molecule has 0 saturated carbocycles. The van der Waals surface area contributed by atoms with Crippen LogP contribution in [0.25, 0.3) is 0 Å². The highest BCUT2D eigenvalue weighted by atomic mass is 16.5. The molecule has 0 aromatic rings. The second-order valence-corrected chi connectivity index (χ2v) is 3.75. The van der Waals surface area contributed by atoms with E-state index in [4.69, 9.17) is 4.74 Å². The zero-order valence-electron chi connectivity index (χ0n) is 9.88. The third-order valence-corrected chi connectivity index (χ3v) is 2.13. The lowest BCUT2D eigenvalue weighted by molar-refractivity contribution is 0.0846. The largest absolute Gasteiger partial charge is 0.357 e. The molecular weight excluding hydrogens is 206 g/mol. The van der Waals surface area contributed by atoms with E-state index in [9.17, 15) is 4.91 Å². The Kier molecular flexibility index (Phi) is 4.72. The molecule has 0 unspecified atom stereocenters. The summed E-state index contributed by atoms with van der Waals surface area (Å²) >= 11 is 0. The maximum absolute atomic E-state index is 10.2.